The topological polar surface area (TPSA) is 54.9 Å². The molecular formula is C15H15Cl2N3O. The highest BCUT2D eigenvalue weighted by molar-refractivity contribution is 6.33. The lowest BCUT2D eigenvalue weighted by atomic mass is 10.00. The van der Waals surface area contributed by atoms with Crippen LogP contribution in [0.15, 0.2) is 36.5 Å². The van der Waals surface area contributed by atoms with Crippen molar-refractivity contribution in [2.75, 3.05) is 5.32 Å². The molecule has 0 aliphatic carbocycles. The molecule has 6 heteroatoms. The molecule has 0 spiro atoms. The van der Waals surface area contributed by atoms with E-state index in [-0.39, 0.29) is 11.1 Å². The van der Waals surface area contributed by atoms with Gasteiger partial charge in [-0.15, -0.1) is 0 Å². The molecule has 0 radical (unpaired) electrons. The van der Waals surface area contributed by atoms with Gasteiger partial charge in [0.2, 0.25) is 5.28 Å². The molecule has 1 heterocycles. The molecule has 110 valence electrons. The summed E-state index contributed by atoms with van der Waals surface area (Å²) >= 11 is 11.8. The van der Waals surface area contributed by atoms with Crippen molar-refractivity contribution < 1.29 is 4.79 Å². The van der Waals surface area contributed by atoms with Crippen LogP contribution in [-0.2, 0) is 4.79 Å². The van der Waals surface area contributed by atoms with Gasteiger partial charge in [-0.1, -0.05) is 48.9 Å². The first-order valence-electron chi connectivity index (χ1n) is 6.64. The Hall–Kier alpha value is -1.65. The molecule has 21 heavy (non-hydrogen) atoms. The second kappa shape index (κ2) is 7.38. The number of carbonyl (C=O) groups is 1. The number of anilines is 1. The van der Waals surface area contributed by atoms with Crippen LogP contribution < -0.4 is 5.32 Å². The van der Waals surface area contributed by atoms with Crippen molar-refractivity contribution >= 4 is 34.8 Å². The van der Waals surface area contributed by atoms with Crippen molar-refractivity contribution in [2.24, 2.45) is 0 Å². The van der Waals surface area contributed by atoms with Crippen molar-refractivity contribution in [1.82, 2.24) is 9.97 Å². The molecule has 0 saturated heterocycles. The second-order valence-corrected chi connectivity index (χ2v) is 5.29. The molecular weight excluding hydrogens is 309 g/mol. The number of Topliss-reactive ketones (excluding diaryl/α,β-unsaturated/α-hetero) is 1. The zero-order valence-electron chi connectivity index (χ0n) is 11.5. The fourth-order valence-electron chi connectivity index (χ4n) is 1.97. The third-order valence-corrected chi connectivity index (χ3v) is 3.41. The van der Waals surface area contributed by atoms with Crippen LogP contribution in [0.3, 0.4) is 0 Å². The van der Waals surface area contributed by atoms with Crippen molar-refractivity contribution in [3.63, 3.8) is 0 Å². The van der Waals surface area contributed by atoms with E-state index in [1.54, 1.807) is 0 Å². The largest absolute Gasteiger partial charge is 0.355 e. The van der Waals surface area contributed by atoms with Gasteiger partial charge in [0.15, 0.2) is 11.6 Å². The predicted octanol–water partition coefficient (Wildman–Crippen LogP) is 4.31. The monoisotopic (exact) mass is 323 g/mol. The van der Waals surface area contributed by atoms with E-state index in [1.807, 2.05) is 37.3 Å². The molecule has 1 aromatic heterocycles. The highest BCUT2D eigenvalue weighted by Gasteiger charge is 2.21. The SMILES string of the molecule is CCCC(=O)[C@@H](Nc1nc(Cl)ncc1Cl)c1ccccc1. The van der Waals surface area contributed by atoms with Crippen molar-refractivity contribution in [3.8, 4) is 0 Å². The number of nitrogens with zero attached hydrogens (tertiary/aromatic N) is 2. The molecule has 1 aromatic carbocycles. The van der Waals surface area contributed by atoms with Crippen molar-refractivity contribution in [3.05, 3.63) is 52.4 Å². The Bertz CT molecular complexity index is 620. The minimum Gasteiger partial charge on any atom is -0.355 e. The van der Waals surface area contributed by atoms with E-state index < -0.39 is 6.04 Å². The van der Waals surface area contributed by atoms with Gasteiger partial charge in [-0.2, -0.15) is 4.98 Å². The molecule has 0 amide bonds. The standard InChI is InChI=1S/C15H15Cl2N3O/c1-2-6-12(21)13(10-7-4-3-5-8-10)19-14-11(16)9-18-15(17)20-14/h3-5,7-9,13H,2,6H2,1H3,(H,18,19,20)/t13-/m0/s1. The van der Waals surface area contributed by atoms with Gasteiger partial charge in [-0.05, 0) is 23.6 Å². The van der Waals surface area contributed by atoms with Gasteiger partial charge in [0.05, 0.1) is 6.20 Å². The molecule has 0 bridgehead atoms. The van der Waals surface area contributed by atoms with Crippen LogP contribution in [0.25, 0.3) is 0 Å². The Labute approximate surface area is 133 Å². The summed E-state index contributed by atoms with van der Waals surface area (Å²) in [7, 11) is 0. The Balaban J connectivity index is 2.32. The number of aromatic nitrogens is 2. The number of hydrogen-bond acceptors (Lipinski definition) is 4. The smallest absolute Gasteiger partial charge is 0.224 e. The third-order valence-electron chi connectivity index (χ3n) is 2.95. The van der Waals surface area contributed by atoms with Gasteiger partial charge < -0.3 is 5.32 Å². The highest BCUT2D eigenvalue weighted by atomic mass is 35.5. The summed E-state index contributed by atoms with van der Waals surface area (Å²) in [6, 6.07) is 8.95. The molecule has 0 saturated carbocycles. The summed E-state index contributed by atoms with van der Waals surface area (Å²) < 4.78 is 0. The van der Waals surface area contributed by atoms with Gasteiger partial charge in [0.1, 0.15) is 11.1 Å². The predicted molar refractivity (Wildman–Crippen MR) is 84.8 cm³/mol. The second-order valence-electron chi connectivity index (χ2n) is 4.54. The minimum absolute atomic E-state index is 0.0782. The molecule has 2 aromatic rings. The zero-order chi connectivity index (χ0) is 15.2. The number of benzene rings is 1. The zero-order valence-corrected chi connectivity index (χ0v) is 13.0. The Morgan fingerprint density at radius 2 is 2.00 bits per heavy atom. The van der Waals surface area contributed by atoms with Crippen LogP contribution in [-0.4, -0.2) is 15.8 Å². The van der Waals surface area contributed by atoms with E-state index in [0.29, 0.717) is 17.3 Å². The van der Waals surface area contributed by atoms with E-state index in [9.17, 15) is 4.79 Å². The number of halogens is 2. The average Bonchev–Trinajstić information content (AvgIpc) is 2.49. The van der Waals surface area contributed by atoms with E-state index in [1.165, 1.54) is 6.20 Å². The van der Waals surface area contributed by atoms with E-state index in [0.717, 1.165) is 12.0 Å². The first-order chi connectivity index (χ1) is 10.1. The first kappa shape index (κ1) is 15.7. The number of nitrogens with one attached hydrogen (secondary N) is 1. The maximum absolute atomic E-state index is 12.4. The molecule has 1 atom stereocenters. The molecule has 1 N–H and O–H groups in total. The summed E-state index contributed by atoms with van der Waals surface area (Å²) in [5.74, 6) is 0.435. The summed E-state index contributed by atoms with van der Waals surface area (Å²) in [6.45, 7) is 1.97. The lowest BCUT2D eigenvalue weighted by Crippen LogP contribution is -2.21. The lowest BCUT2D eigenvalue weighted by molar-refractivity contribution is -0.119. The molecule has 0 aliphatic heterocycles. The molecule has 4 nitrogen and oxygen atoms in total. The van der Waals surface area contributed by atoms with E-state index >= 15 is 0 Å². The fraction of sp³-hybridized carbons (Fsp3) is 0.267. The van der Waals surface area contributed by atoms with Crippen LogP contribution >= 0.6 is 23.2 Å². The van der Waals surface area contributed by atoms with Gasteiger partial charge in [0, 0.05) is 6.42 Å². The van der Waals surface area contributed by atoms with Gasteiger partial charge >= 0.3 is 0 Å². The maximum atomic E-state index is 12.4. The minimum atomic E-state index is -0.505. The van der Waals surface area contributed by atoms with E-state index in [4.69, 9.17) is 23.2 Å². The number of ketones is 1. The third kappa shape index (κ3) is 4.16. The number of hydrogen-bond donors (Lipinski definition) is 1. The number of carbonyl (C=O) groups excluding carboxylic acids is 1. The normalized spacial score (nSPS) is 12.0. The van der Waals surface area contributed by atoms with Crippen molar-refractivity contribution in [1.29, 1.82) is 0 Å². The van der Waals surface area contributed by atoms with Crippen molar-refractivity contribution in [2.45, 2.75) is 25.8 Å². The Morgan fingerprint density at radius 1 is 1.29 bits per heavy atom. The highest BCUT2D eigenvalue weighted by Crippen LogP contribution is 2.26. The summed E-state index contributed by atoms with van der Waals surface area (Å²) in [5.41, 5.74) is 0.863. The molecule has 2 rings (SSSR count). The fourth-order valence-corrected chi connectivity index (χ4v) is 2.25. The van der Waals surface area contributed by atoms with Crippen LogP contribution in [0, 0.1) is 0 Å². The van der Waals surface area contributed by atoms with Crippen LogP contribution in [0.2, 0.25) is 10.3 Å². The average molecular weight is 324 g/mol. The van der Waals surface area contributed by atoms with Crippen LogP contribution in [0.5, 0.6) is 0 Å². The van der Waals surface area contributed by atoms with Gasteiger partial charge in [0.25, 0.3) is 0 Å². The molecule has 0 unspecified atom stereocenters. The quantitative estimate of drug-likeness (QED) is 0.805. The van der Waals surface area contributed by atoms with Gasteiger partial charge in [-0.25, -0.2) is 4.98 Å². The Kier molecular flexibility index (Phi) is 5.53. The molecule has 0 aliphatic rings. The first-order valence-corrected chi connectivity index (χ1v) is 7.39. The Morgan fingerprint density at radius 3 is 2.67 bits per heavy atom. The lowest BCUT2D eigenvalue weighted by Gasteiger charge is -2.19. The van der Waals surface area contributed by atoms with E-state index in [2.05, 4.69) is 15.3 Å². The maximum Gasteiger partial charge on any atom is 0.224 e. The summed E-state index contributed by atoms with van der Waals surface area (Å²) in [5, 5.41) is 3.48. The van der Waals surface area contributed by atoms with Crippen LogP contribution in [0.4, 0.5) is 5.82 Å². The number of rotatable bonds is 6. The van der Waals surface area contributed by atoms with Crippen LogP contribution in [0.1, 0.15) is 31.4 Å². The molecule has 0 fully saturated rings. The summed E-state index contributed by atoms with van der Waals surface area (Å²) in [4.78, 5) is 20.2. The summed E-state index contributed by atoms with van der Waals surface area (Å²) in [6.07, 6.45) is 2.66. The van der Waals surface area contributed by atoms with Gasteiger partial charge in [-0.3, -0.25) is 4.79 Å².